The Morgan fingerprint density at radius 1 is 1.43 bits per heavy atom. The fourth-order valence-electron chi connectivity index (χ4n) is 3.18. The number of aromatic nitrogens is 2. The Hall–Kier alpha value is -1.40. The third-order valence-electron chi connectivity index (χ3n) is 4.90. The molecule has 9 nitrogen and oxygen atoms in total. The number of morpholine rings is 1. The van der Waals surface area contributed by atoms with Crippen LogP contribution in [-0.2, 0) is 21.3 Å². The van der Waals surface area contributed by atoms with Crippen LogP contribution >= 0.6 is 24.0 Å². The van der Waals surface area contributed by atoms with Crippen LogP contribution in [-0.4, -0.2) is 91.5 Å². The molecule has 3 heterocycles. The number of amides is 1. The van der Waals surface area contributed by atoms with Crippen molar-refractivity contribution in [3.63, 3.8) is 0 Å². The fraction of sp³-hybridized carbons (Fsp3) is 0.722. The summed E-state index contributed by atoms with van der Waals surface area (Å²) in [7, 11) is 5.39. The molecule has 2 atom stereocenters. The minimum Gasteiger partial charge on any atom is -0.381 e. The first-order valence-electron chi connectivity index (χ1n) is 9.44. The van der Waals surface area contributed by atoms with Gasteiger partial charge in [0.1, 0.15) is 12.6 Å². The number of nitrogens with one attached hydrogen (secondary N) is 1. The summed E-state index contributed by atoms with van der Waals surface area (Å²) in [5.74, 6) is 1.22. The number of hydrogen-bond acceptors (Lipinski definition) is 5. The number of likely N-dealkylation sites (N-methyl/N-ethyl adjacent to an activating group) is 1. The second-order valence-corrected chi connectivity index (χ2v) is 7.29. The average molecular weight is 506 g/mol. The van der Waals surface area contributed by atoms with Crippen LogP contribution in [0.25, 0.3) is 0 Å². The normalized spacial score (nSPS) is 22.7. The zero-order valence-corrected chi connectivity index (χ0v) is 19.2. The number of ether oxygens (including phenoxy) is 2. The van der Waals surface area contributed by atoms with Gasteiger partial charge in [-0.05, 0) is 6.42 Å². The molecule has 2 aliphatic rings. The number of carbonyl (C=O) groups excluding carboxylic acids is 1. The van der Waals surface area contributed by atoms with Crippen LogP contribution in [0.1, 0.15) is 18.1 Å². The van der Waals surface area contributed by atoms with Gasteiger partial charge in [-0.2, -0.15) is 5.10 Å². The summed E-state index contributed by atoms with van der Waals surface area (Å²) < 4.78 is 13.2. The second-order valence-electron chi connectivity index (χ2n) is 7.29. The number of aliphatic imine (C=N–C) groups is 1. The molecule has 2 saturated heterocycles. The fourth-order valence-corrected chi connectivity index (χ4v) is 3.18. The Bertz CT molecular complexity index is 660. The van der Waals surface area contributed by atoms with Crippen molar-refractivity contribution in [2.75, 3.05) is 60.1 Å². The Morgan fingerprint density at radius 2 is 2.25 bits per heavy atom. The van der Waals surface area contributed by atoms with Gasteiger partial charge in [0.05, 0.1) is 26.0 Å². The highest BCUT2D eigenvalue weighted by atomic mass is 127. The van der Waals surface area contributed by atoms with Gasteiger partial charge < -0.3 is 24.6 Å². The summed E-state index contributed by atoms with van der Waals surface area (Å²) in [5, 5.41) is 7.69. The number of halogens is 1. The molecule has 10 heteroatoms. The van der Waals surface area contributed by atoms with E-state index in [-0.39, 0.29) is 42.5 Å². The predicted molar refractivity (Wildman–Crippen MR) is 117 cm³/mol. The van der Waals surface area contributed by atoms with Crippen molar-refractivity contribution in [3.05, 3.63) is 18.0 Å². The van der Waals surface area contributed by atoms with Crippen molar-refractivity contribution >= 4 is 35.8 Å². The number of carbonyl (C=O) groups is 1. The van der Waals surface area contributed by atoms with E-state index in [1.807, 2.05) is 19.4 Å². The highest BCUT2D eigenvalue weighted by Crippen LogP contribution is 2.21. The number of rotatable bonds is 5. The first-order valence-corrected chi connectivity index (χ1v) is 9.44. The van der Waals surface area contributed by atoms with Gasteiger partial charge in [0, 0.05) is 58.5 Å². The average Bonchev–Trinajstić information content (AvgIpc) is 3.33. The van der Waals surface area contributed by atoms with Crippen LogP contribution in [0.5, 0.6) is 0 Å². The molecule has 0 bridgehead atoms. The van der Waals surface area contributed by atoms with Crippen LogP contribution in [0.15, 0.2) is 17.4 Å². The molecule has 0 aliphatic carbocycles. The minimum absolute atomic E-state index is 0. The Kier molecular flexibility index (Phi) is 8.96. The van der Waals surface area contributed by atoms with E-state index < -0.39 is 0 Å². The maximum absolute atomic E-state index is 12.0. The van der Waals surface area contributed by atoms with E-state index in [0.717, 1.165) is 44.2 Å². The molecule has 0 spiro atoms. The van der Waals surface area contributed by atoms with Gasteiger partial charge in [0.2, 0.25) is 5.91 Å². The second kappa shape index (κ2) is 11.0. The number of nitrogens with zero attached hydrogens (tertiary/aromatic N) is 5. The summed E-state index contributed by atoms with van der Waals surface area (Å²) in [6.45, 7) is 4.54. The molecule has 2 fully saturated rings. The smallest absolute Gasteiger partial charge is 0.243 e. The summed E-state index contributed by atoms with van der Waals surface area (Å²) >= 11 is 0. The topological polar surface area (TPSA) is 84.2 Å². The third kappa shape index (κ3) is 6.31. The van der Waals surface area contributed by atoms with E-state index in [1.54, 1.807) is 23.7 Å². The van der Waals surface area contributed by atoms with E-state index >= 15 is 0 Å². The highest BCUT2D eigenvalue weighted by Gasteiger charge is 2.26. The first-order chi connectivity index (χ1) is 13.0. The van der Waals surface area contributed by atoms with Gasteiger partial charge in [-0.15, -0.1) is 24.0 Å². The predicted octanol–water partition coefficient (Wildman–Crippen LogP) is 0.482. The number of aryl methyl sites for hydroxylation is 1. The molecule has 28 heavy (non-hydrogen) atoms. The monoisotopic (exact) mass is 506 g/mol. The highest BCUT2D eigenvalue weighted by molar-refractivity contribution is 14.0. The summed E-state index contributed by atoms with van der Waals surface area (Å²) in [6, 6.07) is 0. The van der Waals surface area contributed by atoms with Crippen molar-refractivity contribution in [3.8, 4) is 0 Å². The summed E-state index contributed by atoms with van der Waals surface area (Å²) in [5.41, 5.74) is 1.05. The molecular formula is C18H31IN6O3. The van der Waals surface area contributed by atoms with Crippen molar-refractivity contribution in [1.29, 1.82) is 0 Å². The molecule has 1 N–H and O–H groups in total. The maximum atomic E-state index is 12.0. The zero-order chi connectivity index (χ0) is 19.2. The van der Waals surface area contributed by atoms with Gasteiger partial charge in [-0.1, -0.05) is 0 Å². The van der Waals surface area contributed by atoms with Crippen molar-refractivity contribution in [1.82, 2.24) is 24.9 Å². The summed E-state index contributed by atoms with van der Waals surface area (Å²) in [6.07, 6.45) is 4.81. The Morgan fingerprint density at radius 3 is 2.89 bits per heavy atom. The van der Waals surface area contributed by atoms with Crippen LogP contribution in [0.3, 0.4) is 0 Å². The molecule has 0 aromatic carbocycles. The van der Waals surface area contributed by atoms with Crippen LogP contribution < -0.4 is 5.32 Å². The van der Waals surface area contributed by atoms with Crippen molar-refractivity contribution in [2.24, 2.45) is 18.0 Å². The van der Waals surface area contributed by atoms with Crippen molar-refractivity contribution in [2.45, 2.75) is 12.5 Å². The number of guanidine groups is 1. The van der Waals surface area contributed by atoms with Gasteiger partial charge in [0.25, 0.3) is 0 Å². The van der Waals surface area contributed by atoms with E-state index in [2.05, 4.69) is 20.3 Å². The maximum Gasteiger partial charge on any atom is 0.243 e. The lowest BCUT2D eigenvalue weighted by Crippen LogP contribution is -2.49. The molecule has 2 aliphatic heterocycles. The summed E-state index contributed by atoms with van der Waals surface area (Å²) in [4.78, 5) is 20.3. The van der Waals surface area contributed by atoms with Gasteiger partial charge in [-0.3, -0.25) is 9.48 Å². The Labute approximate surface area is 183 Å². The first kappa shape index (κ1) is 22.9. The minimum atomic E-state index is -0.0567. The van der Waals surface area contributed by atoms with Crippen LogP contribution in [0, 0.1) is 5.92 Å². The molecule has 1 aromatic heterocycles. The lowest BCUT2D eigenvalue weighted by Gasteiger charge is -2.35. The molecule has 0 saturated carbocycles. The SMILES string of the molecule is CN(C)C(=O)CN=C(NCC1CCOC1)N1CCOC(c2cnn(C)c2)C1.I. The molecule has 1 amide bonds. The Balaban J connectivity index is 0.00000280. The largest absolute Gasteiger partial charge is 0.381 e. The van der Waals surface area contributed by atoms with E-state index in [1.165, 1.54) is 0 Å². The molecule has 3 rings (SSSR count). The lowest BCUT2D eigenvalue weighted by atomic mass is 10.1. The zero-order valence-electron chi connectivity index (χ0n) is 16.8. The molecular weight excluding hydrogens is 475 g/mol. The van der Waals surface area contributed by atoms with Crippen LogP contribution in [0.2, 0.25) is 0 Å². The van der Waals surface area contributed by atoms with E-state index in [0.29, 0.717) is 19.1 Å². The quantitative estimate of drug-likeness (QED) is 0.356. The van der Waals surface area contributed by atoms with Crippen molar-refractivity contribution < 1.29 is 14.3 Å². The molecule has 2 unspecified atom stereocenters. The number of hydrogen-bond donors (Lipinski definition) is 1. The van der Waals surface area contributed by atoms with E-state index in [9.17, 15) is 4.79 Å². The molecule has 1 aromatic rings. The van der Waals surface area contributed by atoms with Crippen LogP contribution in [0.4, 0.5) is 0 Å². The lowest BCUT2D eigenvalue weighted by molar-refractivity contribution is -0.127. The molecule has 158 valence electrons. The third-order valence-corrected chi connectivity index (χ3v) is 4.90. The van der Waals surface area contributed by atoms with E-state index in [4.69, 9.17) is 9.47 Å². The molecule has 0 radical (unpaired) electrons. The standard InChI is InChI=1S/C18H30N6O3.HI/c1-22(2)17(25)10-20-18(19-8-14-4-6-26-13-14)24-5-7-27-16(12-24)15-9-21-23(3)11-15;/h9,11,14,16H,4-8,10,12-13H2,1-3H3,(H,19,20);1H. The van der Waals surface area contributed by atoms with Gasteiger partial charge >= 0.3 is 0 Å². The van der Waals surface area contributed by atoms with Gasteiger partial charge in [-0.25, -0.2) is 4.99 Å². The van der Waals surface area contributed by atoms with Gasteiger partial charge in [0.15, 0.2) is 5.96 Å².